The number of anilines is 1. The molecule has 1 saturated carbocycles. The highest BCUT2D eigenvalue weighted by molar-refractivity contribution is 5.70. The Morgan fingerprint density at radius 2 is 2.06 bits per heavy atom. The molecule has 1 aliphatic carbocycles. The summed E-state index contributed by atoms with van der Waals surface area (Å²) in [7, 11) is 0. The topological polar surface area (TPSA) is 51.0 Å². The molecule has 1 aromatic rings. The summed E-state index contributed by atoms with van der Waals surface area (Å²) in [4.78, 5) is 13.1. The van der Waals surface area contributed by atoms with E-state index in [1.165, 1.54) is 6.42 Å². The average Bonchev–Trinajstić information content (AvgIpc) is 2.62. The van der Waals surface area contributed by atoms with E-state index in [0.29, 0.717) is 11.9 Å². The summed E-state index contributed by atoms with van der Waals surface area (Å²) in [6.45, 7) is 5.95. The quantitative estimate of drug-likeness (QED) is 0.711. The summed E-state index contributed by atoms with van der Waals surface area (Å²) in [5.74, 6) is 1.31. The lowest BCUT2D eigenvalue weighted by atomic mass is 9.93. The van der Waals surface area contributed by atoms with Gasteiger partial charge in [0.15, 0.2) is 12.1 Å². The minimum atomic E-state index is 0.422. The summed E-state index contributed by atoms with van der Waals surface area (Å²) in [6.07, 6.45) is 4.30. The van der Waals surface area contributed by atoms with Crippen LogP contribution in [0.25, 0.3) is 0 Å². The van der Waals surface area contributed by atoms with E-state index in [1.54, 1.807) is 0 Å². The third-order valence-corrected chi connectivity index (χ3v) is 3.30. The van der Waals surface area contributed by atoms with Crippen LogP contribution in [0.2, 0.25) is 0 Å². The molecule has 2 rings (SSSR count). The first-order valence-corrected chi connectivity index (χ1v) is 5.96. The first kappa shape index (κ1) is 11.1. The van der Waals surface area contributed by atoms with Gasteiger partial charge in [0.2, 0.25) is 5.95 Å². The molecular weight excluding hydrogens is 204 g/mol. The van der Waals surface area contributed by atoms with Gasteiger partial charge in [0, 0.05) is 19.1 Å². The number of aromatic nitrogens is 3. The van der Waals surface area contributed by atoms with Crippen LogP contribution >= 0.6 is 0 Å². The van der Waals surface area contributed by atoms with Crippen LogP contribution in [0.15, 0.2) is 0 Å². The zero-order valence-corrected chi connectivity index (χ0v) is 9.89. The standard InChI is InChI=1S/C11H18N4O/c1-3-14(4-2)11-13-12-10(8-16)15(11)9-6-5-7-9/h8-9H,3-7H2,1-2H3. The second-order valence-electron chi connectivity index (χ2n) is 4.10. The van der Waals surface area contributed by atoms with Crippen LogP contribution in [0.3, 0.4) is 0 Å². The van der Waals surface area contributed by atoms with Crippen molar-refractivity contribution in [2.45, 2.75) is 39.2 Å². The maximum atomic E-state index is 10.9. The molecule has 88 valence electrons. The maximum Gasteiger partial charge on any atom is 0.227 e. The van der Waals surface area contributed by atoms with Gasteiger partial charge in [-0.25, -0.2) is 0 Å². The Bertz CT molecular complexity index is 366. The van der Waals surface area contributed by atoms with E-state index in [1.807, 2.05) is 4.57 Å². The van der Waals surface area contributed by atoms with Gasteiger partial charge in [0.1, 0.15) is 0 Å². The molecule has 1 fully saturated rings. The summed E-state index contributed by atoms with van der Waals surface area (Å²) in [5, 5.41) is 8.10. The Balaban J connectivity index is 2.35. The molecule has 5 nitrogen and oxygen atoms in total. The largest absolute Gasteiger partial charge is 0.341 e. The van der Waals surface area contributed by atoms with Crippen LogP contribution in [-0.4, -0.2) is 34.1 Å². The SMILES string of the molecule is CCN(CC)c1nnc(C=O)n1C1CCC1. The Morgan fingerprint density at radius 1 is 1.38 bits per heavy atom. The Labute approximate surface area is 95.5 Å². The zero-order valence-electron chi connectivity index (χ0n) is 9.89. The summed E-state index contributed by atoms with van der Waals surface area (Å²) in [5.41, 5.74) is 0. The number of carbonyl (C=O) groups excluding carboxylic acids is 1. The number of carbonyl (C=O) groups is 1. The predicted molar refractivity (Wildman–Crippen MR) is 61.9 cm³/mol. The van der Waals surface area contributed by atoms with Crippen molar-refractivity contribution in [1.82, 2.24) is 14.8 Å². The highest BCUT2D eigenvalue weighted by Gasteiger charge is 2.27. The normalized spacial score (nSPS) is 15.9. The molecule has 0 aliphatic heterocycles. The van der Waals surface area contributed by atoms with Crippen molar-refractivity contribution in [3.63, 3.8) is 0 Å². The Kier molecular flexibility index (Phi) is 3.22. The minimum Gasteiger partial charge on any atom is -0.341 e. The average molecular weight is 222 g/mol. The highest BCUT2D eigenvalue weighted by atomic mass is 16.1. The number of hydrogen-bond donors (Lipinski definition) is 0. The van der Waals surface area contributed by atoms with Crippen molar-refractivity contribution in [3.05, 3.63) is 5.82 Å². The molecular formula is C11H18N4O. The number of nitrogens with zero attached hydrogens (tertiary/aromatic N) is 4. The summed E-state index contributed by atoms with van der Waals surface area (Å²) >= 11 is 0. The lowest BCUT2D eigenvalue weighted by molar-refractivity contribution is 0.110. The Morgan fingerprint density at radius 3 is 2.50 bits per heavy atom. The fourth-order valence-corrected chi connectivity index (χ4v) is 2.09. The molecule has 0 unspecified atom stereocenters. The molecule has 0 amide bonds. The third-order valence-electron chi connectivity index (χ3n) is 3.30. The van der Waals surface area contributed by atoms with Gasteiger partial charge in [0.05, 0.1) is 0 Å². The lowest BCUT2D eigenvalue weighted by Crippen LogP contribution is -2.29. The van der Waals surface area contributed by atoms with E-state index in [-0.39, 0.29) is 0 Å². The molecule has 0 N–H and O–H groups in total. The lowest BCUT2D eigenvalue weighted by Gasteiger charge is -2.31. The van der Waals surface area contributed by atoms with Gasteiger partial charge in [-0.3, -0.25) is 9.36 Å². The van der Waals surface area contributed by atoms with Crippen molar-refractivity contribution < 1.29 is 4.79 Å². The van der Waals surface area contributed by atoms with Crippen molar-refractivity contribution in [3.8, 4) is 0 Å². The van der Waals surface area contributed by atoms with Gasteiger partial charge >= 0.3 is 0 Å². The van der Waals surface area contributed by atoms with E-state index in [2.05, 4.69) is 28.9 Å². The molecule has 1 aromatic heterocycles. The molecule has 0 aromatic carbocycles. The monoisotopic (exact) mass is 222 g/mol. The molecule has 0 bridgehead atoms. The van der Waals surface area contributed by atoms with Crippen molar-refractivity contribution >= 4 is 12.2 Å². The molecule has 0 radical (unpaired) electrons. The molecule has 0 spiro atoms. The molecule has 0 saturated heterocycles. The van der Waals surface area contributed by atoms with Gasteiger partial charge in [-0.15, -0.1) is 10.2 Å². The van der Waals surface area contributed by atoms with Gasteiger partial charge in [-0.05, 0) is 33.1 Å². The van der Waals surface area contributed by atoms with Crippen molar-refractivity contribution in [1.29, 1.82) is 0 Å². The smallest absolute Gasteiger partial charge is 0.227 e. The van der Waals surface area contributed by atoms with Crippen LogP contribution in [-0.2, 0) is 0 Å². The van der Waals surface area contributed by atoms with Gasteiger partial charge in [0.25, 0.3) is 0 Å². The van der Waals surface area contributed by atoms with E-state index in [4.69, 9.17) is 0 Å². The second kappa shape index (κ2) is 4.63. The third kappa shape index (κ3) is 1.70. The fourth-order valence-electron chi connectivity index (χ4n) is 2.09. The number of aldehydes is 1. The summed E-state index contributed by atoms with van der Waals surface area (Å²) in [6, 6.07) is 0.422. The van der Waals surface area contributed by atoms with Crippen LogP contribution in [0.4, 0.5) is 5.95 Å². The van der Waals surface area contributed by atoms with Crippen molar-refractivity contribution in [2.75, 3.05) is 18.0 Å². The minimum absolute atomic E-state index is 0.422. The van der Waals surface area contributed by atoms with Gasteiger partial charge in [-0.1, -0.05) is 0 Å². The maximum absolute atomic E-state index is 10.9. The predicted octanol–water partition coefficient (Wildman–Crippen LogP) is 1.66. The van der Waals surface area contributed by atoms with Crippen LogP contribution < -0.4 is 4.90 Å². The van der Waals surface area contributed by atoms with Gasteiger partial charge in [-0.2, -0.15) is 0 Å². The first-order valence-electron chi connectivity index (χ1n) is 5.96. The van der Waals surface area contributed by atoms with E-state index < -0.39 is 0 Å². The van der Waals surface area contributed by atoms with Crippen LogP contribution in [0.5, 0.6) is 0 Å². The first-order chi connectivity index (χ1) is 7.81. The van der Waals surface area contributed by atoms with E-state index >= 15 is 0 Å². The van der Waals surface area contributed by atoms with E-state index in [0.717, 1.165) is 38.2 Å². The molecule has 16 heavy (non-hydrogen) atoms. The number of hydrogen-bond acceptors (Lipinski definition) is 4. The molecule has 5 heteroatoms. The second-order valence-corrected chi connectivity index (χ2v) is 4.10. The van der Waals surface area contributed by atoms with E-state index in [9.17, 15) is 4.79 Å². The molecule has 1 heterocycles. The van der Waals surface area contributed by atoms with Crippen LogP contribution in [0, 0.1) is 0 Å². The highest BCUT2D eigenvalue weighted by Crippen LogP contribution is 2.35. The fraction of sp³-hybridized carbons (Fsp3) is 0.727. The van der Waals surface area contributed by atoms with Gasteiger partial charge < -0.3 is 4.90 Å². The summed E-state index contributed by atoms with van der Waals surface area (Å²) < 4.78 is 2.00. The molecule has 0 atom stereocenters. The molecule has 1 aliphatic rings. The van der Waals surface area contributed by atoms with Crippen LogP contribution in [0.1, 0.15) is 49.8 Å². The Hall–Kier alpha value is -1.39. The number of rotatable bonds is 5. The van der Waals surface area contributed by atoms with Crippen molar-refractivity contribution in [2.24, 2.45) is 0 Å². The zero-order chi connectivity index (χ0) is 11.5.